The number of piperidine rings is 1. The standard InChI is InChI=1S/C21H21N3O4S3/c1-14(25)19-18(15-6-3-2-4-7-15)22-21(30-19)23-20(26)16-9-11-24(12-10-16)31(27,28)17-8-5-13-29-17/h2-8,13,16H,9-12H2,1H3,(H,22,23,26). The number of carbonyl (C=O) groups excluding carboxylic acids is 2. The molecule has 1 amide bonds. The first-order valence-corrected chi connectivity index (χ1v) is 12.9. The molecule has 10 heteroatoms. The second-order valence-corrected chi connectivity index (χ2v) is 11.3. The summed E-state index contributed by atoms with van der Waals surface area (Å²) in [5.74, 6) is -0.611. The molecular formula is C21H21N3O4S3. The molecule has 1 aromatic carbocycles. The van der Waals surface area contributed by atoms with E-state index in [0.29, 0.717) is 45.8 Å². The van der Waals surface area contributed by atoms with Crippen LogP contribution < -0.4 is 5.32 Å². The summed E-state index contributed by atoms with van der Waals surface area (Å²) in [6, 6.07) is 12.7. The molecule has 2 aromatic heterocycles. The zero-order valence-electron chi connectivity index (χ0n) is 16.8. The van der Waals surface area contributed by atoms with Gasteiger partial charge in [-0.15, -0.1) is 11.3 Å². The van der Waals surface area contributed by atoms with Crippen LogP contribution >= 0.6 is 22.7 Å². The van der Waals surface area contributed by atoms with Crippen LogP contribution in [0.15, 0.2) is 52.1 Å². The van der Waals surface area contributed by atoms with Gasteiger partial charge in [0.15, 0.2) is 10.9 Å². The molecule has 0 radical (unpaired) electrons. The van der Waals surface area contributed by atoms with E-state index in [4.69, 9.17) is 0 Å². The molecular weight excluding hydrogens is 454 g/mol. The highest BCUT2D eigenvalue weighted by atomic mass is 32.2. The number of thiazole rings is 1. The van der Waals surface area contributed by atoms with E-state index in [2.05, 4.69) is 10.3 Å². The van der Waals surface area contributed by atoms with E-state index < -0.39 is 10.0 Å². The Morgan fingerprint density at radius 1 is 1.10 bits per heavy atom. The number of rotatable bonds is 6. The van der Waals surface area contributed by atoms with Crippen molar-refractivity contribution in [2.45, 2.75) is 24.0 Å². The summed E-state index contributed by atoms with van der Waals surface area (Å²) in [6.07, 6.45) is 0.875. The SMILES string of the molecule is CC(=O)c1sc(NC(=O)C2CCN(S(=O)(=O)c3cccs3)CC2)nc1-c1ccccc1. The number of amides is 1. The number of Topliss-reactive ketones (excluding diaryl/α,β-unsaturated/α-hetero) is 1. The summed E-state index contributed by atoms with van der Waals surface area (Å²) in [5.41, 5.74) is 1.38. The van der Waals surface area contributed by atoms with Gasteiger partial charge in [0, 0.05) is 31.5 Å². The van der Waals surface area contributed by atoms with Crippen molar-refractivity contribution < 1.29 is 18.0 Å². The van der Waals surface area contributed by atoms with Crippen LogP contribution in [0.2, 0.25) is 0 Å². The van der Waals surface area contributed by atoms with Crippen molar-refractivity contribution in [3.63, 3.8) is 0 Å². The quantitative estimate of drug-likeness (QED) is 0.541. The predicted molar refractivity (Wildman–Crippen MR) is 122 cm³/mol. The maximum Gasteiger partial charge on any atom is 0.252 e. The molecule has 1 aliphatic rings. The number of sulfonamides is 1. The third-order valence-corrected chi connectivity index (χ3v) is 9.48. The van der Waals surface area contributed by atoms with Gasteiger partial charge in [0.05, 0.1) is 10.6 Å². The average Bonchev–Trinajstić information content (AvgIpc) is 3.45. The fourth-order valence-electron chi connectivity index (χ4n) is 3.51. The van der Waals surface area contributed by atoms with Crippen LogP contribution in [-0.4, -0.2) is 42.5 Å². The Labute approximate surface area is 188 Å². The number of carbonyl (C=O) groups is 2. The van der Waals surface area contributed by atoms with E-state index in [9.17, 15) is 18.0 Å². The van der Waals surface area contributed by atoms with Crippen LogP contribution in [0.1, 0.15) is 29.4 Å². The van der Waals surface area contributed by atoms with Crippen molar-refractivity contribution in [1.82, 2.24) is 9.29 Å². The van der Waals surface area contributed by atoms with Gasteiger partial charge in [-0.1, -0.05) is 47.7 Å². The first kappa shape index (κ1) is 21.8. The largest absolute Gasteiger partial charge is 0.302 e. The van der Waals surface area contributed by atoms with Crippen LogP contribution in [0.4, 0.5) is 5.13 Å². The number of nitrogens with one attached hydrogen (secondary N) is 1. The summed E-state index contributed by atoms with van der Waals surface area (Å²) in [5, 5.41) is 4.94. The van der Waals surface area contributed by atoms with Crippen LogP contribution in [0.3, 0.4) is 0 Å². The maximum atomic E-state index is 12.8. The van der Waals surface area contributed by atoms with Gasteiger partial charge in [-0.2, -0.15) is 4.31 Å². The molecule has 0 bridgehead atoms. The summed E-state index contributed by atoms with van der Waals surface area (Å²) >= 11 is 2.35. The highest BCUT2D eigenvalue weighted by Gasteiger charge is 2.33. The zero-order valence-corrected chi connectivity index (χ0v) is 19.2. The van der Waals surface area contributed by atoms with E-state index in [1.54, 1.807) is 17.5 Å². The van der Waals surface area contributed by atoms with Crippen molar-refractivity contribution in [3.8, 4) is 11.3 Å². The second kappa shape index (κ2) is 8.99. The number of anilines is 1. The highest BCUT2D eigenvalue weighted by molar-refractivity contribution is 7.91. The molecule has 162 valence electrons. The van der Waals surface area contributed by atoms with Gasteiger partial charge >= 0.3 is 0 Å². The molecule has 1 N–H and O–H groups in total. The molecule has 1 aliphatic heterocycles. The van der Waals surface area contributed by atoms with Gasteiger partial charge in [0.1, 0.15) is 4.21 Å². The summed E-state index contributed by atoms with van der Waals surface area (Å²) in [4.78, 5) is 29.8. The maximum absolute atomic E-state index is 12.8. The molecule has 0 atom stereocenters. The molecule has 4 rings (SSSR count). The Bertz CT molecular complexity index is 1180. The van der Waals surface area contributed by atoms with Gasteiger partial charge in [-0.25, -0.2) is 13.4 Å². The predicted octanol–water partition coefficient (Wildman–Crippen LogP) is 4.11. The molecule has 7 nitrogen and oxygen atoms in total. The molecule has 3 aromatic rings. The summed E-state index contributed by atoms with van der Waals surface area (Å²) < 4.78 is 27.1. The van der Waals surface area contributed by atoms with Crippen molar-refractivity contribution in [2.75, 3.05) is 18.4 Å². The van der Waals surface area contributed by atoms with Gasteiger partial charge in [0.25, 0.3) is 10.0 Å². The Morgan fingerprint density at radius 3 is 2.42 bits per heavy atom. The number of nitrogens with zero attached hydrogens (tertiary/aromatic N) is 2. The van der Waals surface area contributed by atoms with E-state index in [-0.39, 0.29) is 17.6 Å². The zero-order chi connectivity index (χ0) is 22.0. The van der Waals surface area contributed by atoms with Crippen molar-refractivity contribution in [3.05, 3.63) is 52.7 Å². The van der Waals surface area contributed by atoms with Gasteiger partial charge < -0.3 is 5.32 Å². The molecule has 0 unspecified atom stereocenters. The van der Waals surface area contributed by atoms with Crippen molar-refractivity contribution >= 4 is 49.5 Å². The number of aromatic nitrogens is 1. The van der Waals surface area contributed by atoms with E-state index >= 15 is 0 Å². The first-order chi connectivity index (χ1) is 14.9. The Morgan fingerprint density at radius 2 is 1.81 bits per heavy atom. The Balaban J connectivity index is 1.43. The Kier molecular flexibility index (Phi) is 6.33. The molecule has 1 fully saturated rings. The molecule has 1 saturated heterocycles. The monoisotopic (exact) mass is 475 g/mol. The minimum absolute atomic E-state index is 0.107. The molecule has 0 aliphatic carbocycles. The van der Waals surface area contributed by atoms with Gasteiger partial charge in [-0.05, 0) is 24.3 Å². The lowest BCUT2D eigenvalue weighted by Crippen LogP contribution is -2.41. The lowest BCUT2D eigenvalue weighted by atomic mass is 9.97. The van der Waals surface area contributed by atoms with Crippen LogP contribution in [0, 0.1) is 5.92 Å². The topological polar surface area (TPSA) is 96.4 Å². The highest BCUT2D eigenvalue weighted by Crippen LogP contribution is 2.32. The van der Waals surface area contributed by atoms with Crippen LogP contribution in [0.25, 0.3) is 11.3 Å². The third kappa shape index (κ3) is 4.62. The van der Waals surface area contributed by atoms with Crippen molar-refractivity contribution in [1.29, 1.82) is 0 Å². The van der Waals surface area contributed by atoms with Crippen LogP contribution in [0.5, 0.6) is 0 Å². The number of hydrogen-bond acceptors (Lipinski definition) is 7. The van der Waals surface area contributed by atoms with Gasteiger partial charge in [-0.3, -0.25) is 9.59 Å². The number of hydrogen-bond donors (Lipinski definition) is 1. The molecule has 0 spiro atoms. The molecule has 3 heterocycles. The minimum Gasteiger partial charge on any atom is -0.302 e. The first-order valence-electron chi connectivity index (χ1n) is 9.78. The summed E-state index contributed by atoms with van der Waals surface area (Å²) in [7, 11) is -3.50. The number of ketones is 1. The number of thiophene rings is 1. The lowest BCUT2D eigenvalue weighted by Gasteiger charge is -2.29. The van der Waals surface area contributed by atoms with Crippen LogP contribution in [-0.2, 0) is 14.8 Å². The van der Waals surface area contributed by atoms with E-state index in [0.717, 1.165) is 16.9 Å². The lowest BCUT2D eigenvalue weighted by molar-refractivity contribution is -0.120. The number of benzene rings is 1. The second-order valence-electron chi connectivity index (χ2n) is 7.22. The van der Waals surface area contributed by atoms with Gasteiger partial charge in [0.2, 0.25) is 5.91 Å². The third-order valence-electron chi connectivity index (χ3n) is 5.14. The van der Waals surface area contributed by atoms with Crippen molar-refractivity contribution in [2.24, 2.45) is 5.92 Å². The fraction of sp³-hybridized carbons (Fsp3) is 0.286. The molecule has 0 saturated carbocycles. The molecule has 31 heavy (non-hydrogen) atoms. The fourth-order valence-corrected chi connectivity index (χ4v) is 7.01. The average molecular weight is 476 g/mol. The van der Waals surface area contributed by atoms with E-state index in [1.165, 1.54) is 22.6 Å². The Hall–Kier alpha value is -2.40. The normalized spacial score (nSPS) is 15.6. The van der Waals surface area contributed by atoms with E-state index in [1.807, 2.05) is 30.3 Å². The smallest absolute Gasteiger partial charge is 0.252 e. The minimum atomic E-state index is -3.50. The summed E-state index contributed by atoms with van der Waals surface area (Å²) in [6.45, 7) is 2.07.